The highest BCUT2D eigenvalue weighted by Crippen LogP contribution is 2.31. The van der Waals surface area contributed by atoms with Crippen molar-refractivity contribution in [3.05, 3.63) is 35.4 Å². The molecule has 1 atom stereocenters. The van der Waals surface area contributed by atoms with E-state index in [1.165, 1.54) is 11.1 Å². The van der Waals surface area contributed by atoms with Gasteiger partial charge >= 0.3 is 0 Å². The molecule has 1 unspecified atom stereocenters. The molecule has 1 amide bonds. The van der Waals surface area contributed by atoms with Crippen LogP contribution in [0.1, 0.15) is 37.4 Å². The summed E-state index contributed by atoms with van der Waals surface area (Å²) in [4.78, 5) is 11.3. The van der Waals surface area contributed by atoms with E-state index in [2.05, 4.69) is 29.6 Å². The van der Waals surface area contributed by atoms with Crippen LogP contribution < -0.4 is 11.1 Å². The van der Waals surface area contributed by atoms with E-state index < -0.39 is 5.41 Å². The van der Waals surface area contributed by atoms with Gasteiger partial charge < -0.3 is 11.1 Å². The molecule has 1 aliphatic rings. The highest BCUT2D eigenvalue weighted by Gasteiger charge is 2.28. The van der Waals surface area contributed by atoms with Crippen LogP contribution in [0, 0.1) is 5.41 Å². The SMILES string of the molecule is CC(C)(CNC1CCc2ccccc21)C(N)=O. The first kappa shape index (κ1) is 12.1. The van der Waals surface area contributed by atoms with Crippen molar-refractivity contribution in [2.45, 2.75) is 32.7 Å². The average molecular weight is 232 g/mol. The molecule has 0 spiro atoms. The highest BCUT2D eigenvalue weighted by atomic mass is 16.1. The summed E-state index contributed by atoms with van der Waals surface area (Å²) in [6.07, 6.45) is 2.22. The lowest BCUT2D eigenvalue weighted by Crippen LogP contribution is -2.41. The Morgan fingerprint density at radius 1 is 1.47 bits per heavy atom. The number of carbonyl (C=O) groups excluding carboxylic acids is 1. The van der Waals surface area contributed by atoms with Crippen LogP contribution in [-0.4, -0.2) is 12.5 Å². The Labute approximate surface area is 102 Å². The number of nitrogens with one attached hydrogen (secondary N) is 1. The van der Waals surface area contributed by atoms with Gasteiger partial charge in [0.1, 0.15) is 0 Å². The number of hydrogen-bond acceptors (Lipinski definition) is 2. The van der Waals surface area contributed by atoms with Crippen molar-refractivity contribution in [1.29, 1.82) is 0 Å². The first-order chi connectivity index (χ1) is 8.00. The molecule has 3 nitrogen and oxygen atoms in total. The summed E-state index contributed by atoms with van der Waals surface area (Å²) in [5.74, 6) is -0.253. The van der Waals surface area contributed by atoms with E-state index >= 15 is 0 Å². The number of rotatable bonds is 4. The van der Waals surface area contributed by atoms with Crippen molar-refractivity contribution in [3.8, 4) is 0 Å². The van der Waals surface area contributed by atoms with Gasteiger partial charge in [-0.25, -0.2) is 0 Å². The summed E-state index contributed by atoms with van der Waals surface area (Å²) in [6, 6.07) is 8.85. The molecule has 0 aromatic heterocycles. The largest absolute Gasteiger partial charge is 0.369 e. The minimum Gasteiger partial charge on any atom is -0.369 e. The van der Waals surface area contributed by atoms with E-state index in [0.717, 1.165) is 12.8 Å². The van der Waals surface area contributed by atoms with E-state index in [4.69, 9.17) is 5.73 Å². The third-order valence-corrected chi connectivity index (χ3v) is 3.59. The molecule has 0 saturated carbocycles. The zero-order chi connectivity index (χ0) is 12.5. The molecule has 1 aromatic carbocycles. The van der Waals surface area contributed by atoms with Gasteiger partial charge in [0.25, 0.3) is 0 Å². The van der Waals surface area contributed by atoms with Gasteiger partial charge in [0.05, 0.1) is 5.41 Å². The summed E-state index contributed by atoms with van der Waals surface area (Å²) < 4.78 is 0. The predicted molar refractivity (Wildman–Crippen MR) is 68.5 cm³/mol. The first-order valence-corrected chi connectivity index (χ1v) is 6.12. The molecular formula is C14H20N2O. The molecule has 17 heavy (non-hydrogen) atoms. The number of benzene rings is 1. The summed E-state index contributed by atoms with van der Waals surface area (Å²) in [5.41, 5.74) is 7.67. The van der Waals surface area contributed by atoms with Gasteiger partial charge in [-0.3, -0.25) is 4.79 Å². The van der Waals surface area contributed by atoms with Crippen LogP contribution in [0.4, 0.5) is 0 Å². The first-order valence-electron chi connectivity index (χ1n) is 6.12. The molecule has 3 N–H and O–H groups in total. The Hall–Kier alpha value is -1.35. The van der Waals surface area contributed by atoms with Crippen molar-refractivity contribution in [3.63, 3.8) is 0 Å². The zero-order valence-corrected chi connectivity index (χ0v) is 10.5. The second-order valence-corrected chi connectivity index (χ2v) is 5.42. The lowest BCUT2D eigenvalue weighted by Gasteiger charge is -2.24. The van der Waals surface area contributed by atoms with E-state index in [0.29, 0.717) is 12.6 Å². The van der Waals surface area contributed by atoms with Gasteiger partial charge in [0, 0.05) is 12.6 Å². The second-order valence-electron chi connectivity index (χ2n) is 5.42. The minimum absolute atomic E-state index is 0.253. The highest BCUT2D eigenvalue weighted by molar-refractivity contribution is 5.80. The molecule has 0 heterocycles. The maximum absolute atomic E-state index is 11.3. The smallest absolute Gasteiger partial charge is 0.224 e. The van der Waals surface area contributed by atoms with E-state index in [-0.39, 0.29) is 5.91 Å². The monoisotopic (exact) mass is 232 g/mol. The molecule has 2 rings (SSSR count). The maximum Gasteiger partial charge on any atom is 0.224 e. The van der Waals surface area contributed by atoms with Gasteiger partial charge in [-0.2, -0.15) is 0 Å². The molecule has 1 aromatic rings. The summed E-state index contributed by atoms with van der Waals surface area (Å²) in [6.45, 7) is 4.38. The zero-order valence-electron chi connectivity index (χ0n) is 10.5. The third kappa shape index (κ3) is 2.50. The van der Waals surface area contributed by atoms with Crippen LogP contribution in [0.15, 0.2) is 24.3 Å². The molecular weight excluding hydrogens is 212 g/mol. The van der Waals surface area contributed by atoms with Crippen molar-refractivity contribution in [1.82, 2.24) is 5.32 Å². The molecule has 0 bridgehead atoms. The Bertz CT molecular complexity index is 426. The van der Waals surface area contributed by atoms with Crippen LogP contribution in [0.3, 0.4) is 0 Å². The third-order valence-electron chi connectivity index (χ3n) is 3.59. The molecule has 92 valence electrons. The number of amides is 1. The Morgan fingerprint density at radius 2 is 2.18 bits per heavy atom. The fourth-order valence-corrected chi connectivity index (χ4v) is 2.23. The van der Waals surface area contributed by atoms with Crippen LogP contribution >= 0.6 is 0 Å². The maximum atomic E-state index is 11.3. The van der Waals surface area contributed by atoms with E-state index in [1.807, 2.05) is 13.8 Å². The number of aryl methyl sites for hydroxylation is 1. The Kier molecular flexibility index (Phi) is 3.20. The van der Waals surface area contributed by atoms with Crippen LogP contribution in [-0.2, 0) is 11.2 Å². The lowest BCUT2D eigenvalue weighted by atomic mass is 9.92. The van der Waals surface area contributed by atoms with Crippen molar-refractivity contribution in [2.24, 2.45) is 11.1 Å². The quantitative estimate of drug-likeness (QED) is 0.831. The normalized spacial score (nSPS) is 19.1. The van der Waals surface area contributed by atoms with Gasteiger partial charge in [-0.1, -0.05) is 24.3 Å². The fourth-order valence-electron chi connectivity index (χ4n) is 2.23. The summed E-state index contributed by atoms with van der Waals surface area (Å²) in [5, 5.41) is 3.46. The molecule has 1 aliphatic carbocycles. The van der Waals surface area contributed by atoms with Gasteiger partial charge in [-0.15, -0.1) is 0 Å². The molecule has 0 radical (unpaired) electrons. The van der Waals surface area contributed by atoms with Gasteiger partial charge in [-0.05, 0) is 37.8 Å². The van der Waals surface area contributed by atoms with Crippen molar-refractivity contribution in [2.75, 3.05) is 6.54 Å². The second kappa shape index (κ2) is 4.49. The number of nitrogens with two attached hydrogens (primary N) is 1. The predicted octanol–water partition coefficient (Wildman–Crippen LogP) is 1.77. The van der Waals surface area contributed by atoms with Crippen molar-refractivity contribution < 1.29 is 4.79 Å². The lowest BCUT2D eigenvalue weighted by molar-refractivity contribution is -0.125. The molecule has 0 fully saturated rings. The van der Waals surface area contributed by atoms with Crippen molar-refractivity contribution >= 4 is 5.91 Å². The Morgan fingerprint density at radius 3 is 2.88 bits per heavy atom. The van der Waals surface area contributed by atoms with Gasteiger partial charge in [0.2, 0.25) is 5.91 Å². The number of fused-ring (bicyclic) bond motifs is 1. The minimum atomic E-state index is -0.489. The van der Waals surface area contributed by atoms with E-state index in [9.17, 15) is 4.79 Å². The summed E-state index contributed by atoms with van der Waals surface area (Å²) >= 11 is 0. The van der Waals surface area contributed by atoms with Gasteiger partial charge in [0.15, 0.2) is 0 Å². The fraction of sp³-hybridized carbons (Fsp3) is 0.500. The number of carbonyl (C=O) groups is 1. The topological polar surface area (TPSA) is 55.1 Å². The van der Waals surface area contributed by atoms with Crippen LogP contribution in [0.25, 0.3) is 0 Å². The molecule has 0 saturated heterocycles. The molecule has 3 heteroatoms. The van der Waals surface area contributed by atoms with Crippen LogP contribution in [0.2, 0.25) is 0 Å². The average Bonchev–Trinajstić information content (AvgIpc) is 2.69. The standard InChI is InChI=1S/C14H20N2O/c1-14(2,13(15)17)9-16-12-8-7-10-5-3-4-6-11(10)12/h3-6,12,16H,7-9H2,1-2H3,(H2,15,17). The Balaban J connectivity index is 2.01. The molecule has 0 aliphatic heterocycles. The number of primary amides is 1. The number of hydrogen-bond donors (Lipinski definition) is 2. The summed E-state index contributed by atoms with van der Waals surface area (Å²) in [7, 11) is 0. The van der Waals surface area contributed by atoms with Crippen LogP contribution in [0.5, 0.6) is 0 Å². The van der Waals surface area contributed by atoms with E-state index in [1.54, 1.807) is 0 Å².